The van der Waals surface area contributed by atoms with Crippen LogP contribution >= 0.6 is 0 Å². The van der Waals surface area contributed by atoms with Gasteiger partial charge in [0.15, 0.2) is 0 Å². The van der Waals surface area contributed by atoms with E-state index in [1.165, 1.54) is 38.5 Å². The van der Waals surface area contributed by atoms with E-state index in [1.54, 1.807) is 5.57 Å². The van der Waals surface area contributed by atoms with Crippen LogP contribution in [0.5, 0.6) is 0 Å². The molecule has 0 amide bonds. The number of carboxylic acid groups (broad SMARTS) is 1. The molecule has 0 bridgehead atoms. The van der Waals surface area contributed by atoms with Crippen LogP contribution in [0.2, 0.25) is 0 Å². The van der Waals surface area contributed by atoms with Crippen LogP contribution in [0.15, 0.2) is 11.6 Å². The van der Waals surface area contributed by atoms with Gasteiger partial charge < -0.3 is 5.11 Å². The maximum absolute atomic E-state index is 11.0. The minimum atomic E-state index is -0.565. The van der Waals surface area contributed by atoms with E-state index in [0.29, 0.717) is 11.8 Å². The third kappa shape index (κ3) is 2.27. The van der Waals surface area contributed by atoms with Crippen LogP contribution in [0.1, 0.15) is 51.4 Å². The second-order valence-corrected chi connectivity index (χ2v) is 6.29. The van der Waals surface area contributed by atoms with Gasteiger partial charge in [-0.05, 0) is 69.1 Å². The zero-order valence-electron chi connectivity index (χ0n) is 10.4. The summed E-state index contributed by atoms with van der Waals surface area (Å²) in [6.07, 6.45) is 12.4. The van der Waals surface area contributed by atoms with Gasteiger partial charge in [-0.25, -0.2) is 0 Å². The summed E-state index contributed by atoms with van der Waals surface area (Å²) in [5, 5.41) is 9.05. The average Bonchev–Trinajstić information content (AvgIpc) is 2.91. The third-order valence-electron chi connectivity index (χ3n) is 5.12. The quantitative estimate of drug-likeness (QED) is 0.741. The molecular formula is C15H22O2. The minimum Gasteiger partial charge on any atom is -0.481 e. The number of allylic oxidation sites excluding steroid dienone is 2. The van der Waals surface area contributed by atoms with Crippen molar-refractivity contribution in [1.82, 2.24) is 0 Å². The number of carboxylic acids is 1. The fraction of sp³-hybridized carbons (Fsp3) is 0.800. The van der Waals surface area contributed by atoms with Gasteiger partial charge in [-0.3, -0.25) is 4.79 Å². The topological polar surface area (TPSA) is 37.3 Å². The third-order valence-corrected chi connectivity index (χ3v) is 5.12. The molecule has 3 fully saturated rings. The first-order chi connectivity index (χ1) is 8.22. The van der Waals surface area contributed by atoms with E-state index >= 15 is 0 Å². The van der Waals surface area contributed by atoms with E-state index in [4.69, 9.17) is 5.11 Å². The van der Waals surface area contributed by atoms with Crippen LogP contribution in [0, 0.1) is 23.7 Å². The summed E-state index contributed by atoms with van der Waals surface area (Å²) in [6, 6.07) is 0. The SMILES string of the molecule is O=C(O)C1CC2CC(C=C3CCCC3)CC2C1. The van der Waals surface area contributed by atoms with Gasteiger partial charge in [0.25, 0.3) is 0 Å². The lowest BCUT2D eigenvalue weighted by molar-refractivity contribution is -0.141. The molecule has 3 aliphatic carbocycles. The Balaban J connectivity index is 1.58. The molecule has 3 aliphatic rings. The smallest absolute Gasteiger partial charge is 0.306 e. The van der Waals surface area contributed by atoms with Crippen LogP contribution in [-0.4, -0.2) is 11.1 Å². The molecule has 0 radical (unpaired) electrons. The van der Waals surface area contributed by atoms with Crippen molar-refractivity contribution >= 4 is 5.97 Å². The number of carbonyl (C=O) groups is 1. The summed E-state index contributed by atoms with van der Waals surface area (Å²) in [6.45, 7) is 0. The van der Waals surface area contributed by atoms with Gasteiger partial charge in [0, 0.05) is 0 Å². The molecule has 0 aromatic heterocycles. The molecule has 2 heteroatoms. The lowest BCUT2D eigenvalue weighted by Gasteiger charge is -2.09. The van der Waals surface area contributed by atoms with E-state index in [-0.39, 0.29) is 5.92 Å². The predicted octanol–water partition coefficient (Wildman–Crippen LogP) is 3.62. The number of rotatable bonds is 2. The Morgan fingerprint density at radius 3 is 2.18 bits per heavy atom. The van der Waals surface area contributed by atoms with E-state index in [2.05, 4.69) is 6.08 Å². The molecule has 0 aromatic carbocycles. The van der Waals surface area contributed by atoms with Gasteiger partial charge in [-0.2, -0.15) is 0 Å². The lowest BCUT2D eigenvalue weighted by atomic mass is 9.96. The first kappa shape index (κ1) is 11.3. The van der Waals surface area contributed by atoms with Crippen molar-refractivity contribution in [2.45, 2.75) is 51.4 Å². The van der Waals surface area contributed by atoms with Crippen molar-refractivity contribution in [2.75, 3.05) is 0 Å². The molecule has 0 aromatic rings. The number of hydrogen-bond donors (Lipinski definition) is 1. The zero-order valence-corrected chi connectivity index (χ0v) is 10.4. The molecule has 0 aliphatic heterocycles. The van der Waals surface area contributed by atoms with Gasteiger partial charge in [0.1, 0.15) is 0 Å². The maximum atomic E-state index is 11.0. The van der Waals surface area contributed by atoms with Gasteiger partial charge in [0.05, 0.1) is 5.92 Å². The highest BCUT2D eigenvalue weighted by Crippen LogP contribution is 2.50. The summed E-state index contributed by atoms with van der Waals surface area (Å²) >= 11 is 0. The molecule has 0 heterocycles. The molecule has 2 nitrogen and oxygen atoms in total. The molecule has 3 saturated carbocycles. The zero-order chi connectivity index (χ0) is 11.8. The predicted molar refractivity (Wildman–Crippen MR) is 66.6 cm³/mol. The Bertz CT molecular complexity index is 323. The van der Waals surface area contributed by atoms with E-state index in [9.17, 15) is 4.79 Å². The highest BCUT2D eigenvalue weighted by Gasteiger charge is 2.43. The molecule has 17 heavy (non-hydrogen) atoms. The Morgan fingerprint density at radius 2 is 1.65 bits per heavy atom. The summed E-state index contributed by atoms with van der Waals surface area (Å²) in [4.78, 5) is 11.0. The van der Waals surface area contributed by atoms with Crippen molar-refractivity contribution in [3.8, 4) is 0 Å². The van der Waals surface area contributed by atoms with Crippen LogP contribution in [-0.2, 0) is 4.79 Å². The summed E-state index contributed by atoms with van der Waals surface area (Å²) < 4.78 is 0. The van der Waals surface area contributed by atoms with Crippen LogP contribution in [0.4, 0.5) is 0 Å². The number of hydrogen-bond acceptors (Lipinski definition) is 1. The maximum Gasteiger partial charge on any atom is 0.306 e. The van der Waals surface area contributed by atoms with Crippen molar-refractivity contribution in [3.05, 3.63) is 11.6 Å². The molecule has 2 unspecified atom stereocenters. The van der Waals surface area contributed by atoms with Crippen molar-refractivity contribution in [2.24, 2.45) is 23.7 Å². The summed E-state index contributed by atoms with van der Waals surface area (Å²) in [5.74, 6) is 1.58. The van der Waals surface area contributed by atoms with Crippen molar-refractivity contribution < 1.29 is 9.90 Å². The normalized spacial score (nSPS) is 40.6. The largest absolute Gasteiger partial charge is 0.481 e. The van der Waals surface area contributed by atoms with E-state index in [1.807, 2.05) is 0 Å². The second-order valence-electron chi connectivity index (χ2n) is 6.29. The Morgan fingerprint density at radius 1 is 1.06 bits per heavy atom. The second kappa shape index (κ2) is 4.47. The highest BCUT2D eigenvalue weighted by molar-refractivity contribution is 5.70. The molecule has 1 N–H and O–H groups in total. The fourth-order valence-corrected chi connectivity index (χ4v) is 4.33. The first-order valence-corrected chi connectivity index (χ1v) is 7.14. The highest BCUT2D eigenvalue weighted by atomic mass is 16.4. The van der Waals surface area contributed by atoms with Gasteiger partial charge >= 0.3 is 5.97 Å². The van der Waals surface area contributed by atoms with Crippen molar-refractivity contribution in [3.63, 3.8) is 0 Å². The first-order valence-electron chi connectivity index (χ1n) is 7.14. The minimum absolute atomic E-state index is 0.0370. The number of fused-ring (bicyclic) bond motifs is 1. The molecule has 2 atom stereocenters. The molecule has 3 rings (SSSR count). The van der Waals surface area contributed by atoms with E-state index in [0.717, 1.165) is 18.8 Å². The van der Waals surface area contributed by atoms with Crippen LogP contribution in [0.25, 0.3) is 0 Å². The van der Waals surface area contributed by atoms with Gasteiger partial charge in [-0.1, -0.05) is 11.6 Å². The summed E-state index contributed by atoms with van der Waals surface area (Å²) in [5.41, 5.74) is 1.68. The van der Waals surface area contributed by atoms with Gasteiger partial charge in [0.2, 0.25) is 0 Å². The Labute approximate surface area is 103 Å². The van der Waals surface area contributed by atoms with Crippen LogP contribution in [0.3, 0.4) is 0 Å². The Kier molecular flexibility index (Phi) is 2.97. The Hall–Kier alpha value is -0.790. The van der Waals surface area contributed by atoms with E-state index < -0.39 is 5.97 Å². The molecular weight excluding hydrogens is 212 g/mol. The molecule has 94 valence electrons. The van der Waals surface area contributed by atoms with Crippen LogP contribution < -0.4 is 0 Å². The lowest BCUT2D eigenvalue weighted by Crippen LogP contribution is -2.11. The monoisotopic (exact) mass is 234 g/mol. The average molecular weight is 234 g/mol. The summed E-state index contributed by atoms with van der Waals surface area (Å²) in [7, 11) is 0. The molecule has 0 spiro atoms. The fourth-order valence-electron chi connectivity index (χ4n) is 4.33. The standard InChI is InChI=1S/C15H22O2/c16-15(17)14-8-12-6-11(7-13(12)9-14)5-10-3-1-2-4-10/h5,11-14H,1-4,6-9H2,(H,16,17). The van der Waals surface area contributed by atoms with Gasteiger partial charge in [-0.15, -0.1) is 0 Å². The molecule has 0 saturated heterocycles. The van der Waals surface area contributed by atoms with Crippen molar-refractivity contribution in [1.29, 1.82) is 0 Å². The number of aliphatic carboxylic acids is 1.